The van der Waals surface area contributed by atoms with Crippen molar-refractivity contribution in [3.05, 3.63) is 56.9 Å². The SMILES string of the molecule is Cc1cc(Oc2ccccc2I)c([C@H](C)N)cc1F. The number of nitrogens with two attached hydrogens (primary N) is 1. The molecule has 100 valence electrons. The van der Waals surface area contributed by atoms with Crippen LogP contribution < -0.4 is 10.5 Å². The van der Waals surface area contributed by atoms with Gasteiger partial charge in [-0.05, 0) is 66.3 Å². The minimum atomic E-state index is -0.286. The summed E-state index contributed by atoms with van der Waals surface area (Å²) in [7, 11) is 0. The van der Waals surface area contributed by atoms with Gasteiger partial charge in [-0.3, -0.25) is 0 Å². The van der Waals surface area contributed by atoms with E-state index in [-0.39, 0.29) is 11.9 Å². The van der Waals surface area contributed by atoms with Gasteiger partial charge in [0.15, 0.2) is 0 Å². The van der Waals surface area contributed by atoms with E-state index < -0.39 is 0 Å². The Morgan fingerprint density at radius 2 is 1.89 bits per heavy atom. The van der Waals surface area contributed by atoms with Gasteiger partial charge in [0.25, 0.3) is 0 Å². The second-order valence-electron chi connectivity index (χ2n) is 4.46. The molecule has 0 aliphatic rings. The number of benzene rings is 2. The molecule has 0 bridgehead atoms. The van der Waals surface area contributed by atoms with Gasteiger partial charge in [0.05, 0.1) is 3.57 Å². The lowest BCUT2D eigenvalue weighted by molar-refractivity contribution is 0.465. The predicted molar refractivity (Wildman–Crippen MR) is 83.0 cm³/mol. The van der Waals surface area contributed by atoms with E-state index in [9.17, 15) is 4.39 Å². The monoisotopic (exact) mass is 371 g/mol. The molecule has 1 atom stereocenters. The van der Waals surface area contributed by atoms with Gasteiger partial charge < -0.3 is 10.5 Å². The fourth-order valence-electron chi connectivity index (χ4n) is 1.76. The van der Waals surface area contributed by atoms with Gasteiger partial charge in [-0.1, -0.05) is 12.1 Å². The number of hydrogen-bond donors (Lipinski definition) is 1. The van der Waals surface area contributed by atoms with Gasteiger partial charge >= 0.3 is 0 Å². The fraction of sp³-hybridized carbons (Fsp3) is 0.200. The van der Waals surface area contributed by atoms with Crippen molar-refractivity contribution in [2.75, 3.05) is 0 Å². The first-order valence-corrected chi connectivity index (χ1v) is 7.05. The molecule has 2 aromatic rings. The quantitative estimate of drug-likeness (QED) is 0.804. The largest absolute Gasteiger partial charge is 0.456 e. The van der Waals surface area contributed by atoms with Gasteiger partial charge in [0, 0.05) is 11.6 Å². The Hall–Kier alpha value is -1.14. The first-order valence-electron chi connectivity index (χ1n) is 5.97. The summed E-state index contributed by atoms with van der Waals surface area (Å²) in [5.41, 5.74) is 7.09. The van der Waals surface area contributed by atoms with Crippen molar-refractivity contribution in [2.24, 2.45) is 5.73 Å². The summed E-state index contributed by atoms with van der Waals surface area (Å²) in [6, 6.07) is 10.5. The molecule has 0 radical (unpaired) electrons. The molecule has 0 aliphatic heterocycles. The zero-order chi connectivity index (χ0) is 14.0. The summed E-state index contributed by atoms with van der Waals surface area (Å²) in [6.07, 6.45) is 0. The number of halogens is 2. The molecular weight excluding hydrogens is 356 g/mol. The highest BCUT2D eigenvalue weighted by molar-refractivity contribution is 14.1. The highest BCUT2D eigenvalue weighted by Gasteiger charge is 2.13. The average Bonchev–Trinajstić information content (AvgIpc) is 2.36. The zero-order valence-electron chi connectivity index (χ0n) is 10.8. The van der Waals surface area contributed by atoms with E-state index in [0.717, 1.165) is 9.32 Å². The third-order valence-corrected chi connectivity index (χ3v) is 3.73. The van der Waals surface area contributed by atoms with Gasteiger partial charge in [-0.15, -0.1) is 0 Å². The van der Waals surface area contributed by atoms with Crippen molar-refractivity contribution < 1.29 is 9.13 Å². The Morgan fingerprint density at radius 1 is 1.21 bits per heavy atom. The Kier molecular flexibility index (Phi) is 4.42. The Labute approximate surface area is 125 Å². The van der Waals surface area contributed by atoms with Gasteiger partial charge in [-0.25, -0.2) is 4.39 Å². The van der Waals surface area contributed by atoms with Crippen LogP contribution in [0, 0.1) is 16.3 Å². The van der Waals surface area contributed by atoms with Crippen LogP contribution in [0.3, 0.4) is 0 Å². The highest BCUT2D eigenvalue weighted by Crippen LogP contribution is 2.33. The maximum atomic E-state index is 13.6. The Bertz CT molecular complexity index is 599. The number of hydrogen-bond acceptors (Lipinski definition) is 2. The lowest BCUT2D eigenvalue weighted by Crippen LogP contribution is -2.08. The van der Waals surface area contributed by atoms with Gasteiger partial charge in [0.2, 0.25) is 0 Å². The van der Waals surface area contributed by atoms with E-state index in [1.54, 1.807) is 13.0 Å². The molecular formula is C15H15FINO. The van der Waals surface area contributed by atoms with E-state index in [0.29, 0.717) is 16.9 Å². The molecule has 0 fully saturated rings. The van der Waals surface area contributed by atoms with Crippen LogP contribution in [0.5, 0.6) is 11.5 Å². The summed E-state index contributed by atoms with van der Waals surface area (Å²) >= 11 is 2.20. The van der Waals surface area contributed by atoms with Crippen LogP contribution in [-0.4, -0.2) is 0 Å². The smallest absolute Gasteiger partial charge is 0.140 e. The molecule has 0 saturated heterocycles. The lowest BCUT2D eigenvalue weighted by Gasteiger charge is -2.16. The first kappa shape index (κ1) is 14.3. The zero-order valence-corrected chi connectivity index (χ0v) is 12.9. The third kappa shape index (κ3) is 3.25. The summed E-state index contributed by atoms with van der Waals surface area (Å²) in [6.45, 7) is 3.52. The number of rotatable bonds is 3. The first-order chi connectivity index (χ1) is 8.99. The summed E-state index contributed by atoms with van der Waals surface area (Å²) in [4.78, 5) is 0. The van der Waals surface area contributed by atoms with Crippen LogP contribution in [0.1, 0.15) is 24.1 Å². The standard InChI is InChI=1S/C15H15FINO/c1-9-7-15(11(10(2)18)8-12(9)16)19-14-6-4-3-5-13(14)17/h3-8,10H,18H2,1-2H3/t10-/m0/s1. The van der Waals surface area contributed by atoms with Crippen LogP contribution in [-0.2, 0) is 0 Å². The molecule has 2 nitrogen and oxygen atoms in total. The second-order valence-corrected chi connectivity index (χ2v) is 5.62. The number of ether oxygens (including phenoxy) is 1. The molecule has 0 heterocycles. The number of aryl methyl sites for hydroxylation is 1. The molecule has 0 aromatic heterocycles. The van der Waals surface area contributed by atoms with Crippen molar-refractivity contribution in [1.82, 2.24) is 0 Å². The van der Waals surface area contributed by atoms with Crippen LogP contribution in [0.4, 0.5) is 4.39 Å². The van der Waals surface area contributed by atoms with Crippen molar-refractivity contribution in [2.45, 2.75) is 19.9 Å². The summed E-state index contributed by atoms with van der Waals surface area (Å²) in [5, 5.41) is 0. The lowest BCUT2D eigenvalue weighted by atomic mass is 10.1. The summed E-state index contributed by atoms with van der Waals surface area (Å²) in [5.74, 6) is 1.09. The van der Waals surface area contributed by atoms with Gasteiger partial charge in [-0.2, -0.15) is 0 Å². The van der Waals surface area contributed by atoms with E-state index in [2.05, 4.69) is 22.6 Å². The van der Waals surface area contributed by atoms with E-state index in [1.165, 1.54) is 6.07 Å². The molecule has 0 unspecified atom stereocenters. The topological polar surface area (TPSA) is 35.2 Å². The molecule has 0 aliphatic carbocycles. The minimum Gasteiger partial charge on any atom is -0.456 e. The molecule has 0 amide bonds. The highest BCUT2D eigenvalue weighted by atomic mass is 127. The van der Waals surface area contributed by atoms with E-state index in [1.807, 2.05) is 31.2 Å². The van der Waals surface area contributed by atoms with Crippen LogP contribution in [0.2, 0.25) is 0 Å². The molecule has 0 saturated carbocycles. The molecule has 2 N–H and O–H groups in total. The van der Waals surface area contributed by atoms with E-state index in [4.69, 9.17) is 10.5 Å². The Balaban J connectivity index is 2.45. The normalized spacial score (nSPS) is 12.3. The van der Waals surface area contributed by atoms with Gasteiger partial charge in [0.1, 0.15) is 17.3 Å². The minimum absolute atomic E-state index is 0.262. The molecule has 2 aromatic carbocycles. The molecule has 4 heteroatoms. The maximum absolute atomic E-state index is 13.6. The van der Waals surface area contributed by atoms with Crippen LogP contribution in [0.15, 0.2) is 36.4 Å². The van der Waals surface area contributed by atoms with Crippen molar-refractivity contribution in [1.29, 1.82) is 0 Å². The van der Waals surface area contributed by atoms with Crippen LogP contribution >= 0.6 is 22.6 Å². The van der Waals surface area contributed by atoms with Crippen LogP contribution in [0.25, 0.3) is 0 Å². The second kappa shape index (κ2) is 5.88. The molecule has 2 rings (SSSR count). The number of para-hydroxylation sites is 1. The average molecular weight is 371 g/mol. The summed E-state index contributed by atoms with van der Waals surface area (Å²) < 4.78 is 20.5. The van der Waals surface area contributed by atoms with Crippen molar-refractivity contribution in [3.8, 4) is 11.5 Å². The van der Waals surface area contributed by atoms with Crippen molar-refractivity contribution in [3.63, 3.8) is 0 Å². The molecule has 19 heavy (non-hydrogen) atoms. The maximum Gasteiger partial charge on any atom is 0.140 e. The third-order valence-electron chi connectivity index (χ3n) is 2.84. The predicted octanol–water partition coefficient (Wildman–Crippen LogP) is 4.55. The molecule has 0 spiro atoms. The van der Waals surface area contributed by atoms with E-state index >= 15 is 0 Å². The van der Waals surface area contributed by atoms with Crippen molar-refractivity contribution >= 4 is 22.6 Å². The Morgan fingerprint density at radius 3 is 2.53 bits per heavy atom. The fourth-order valence-corrected chi connectivity index (χ4v) is 2.26.